The Balaban J connectivity index is 2.12. The molecule has 1 aliphatic rings. The number of likely N-dealkylation sites (tertiary alicyclic amines) is 1. The molecular formula is C15H33N3. The van der Waals surface area contributed by atoms with E-state index in [0.29, 0.717) is 0 Å². The van der Waals surface area contributed by atoms with Gasteiger partial charge in [0.2, 0.25) is 0 Å². The van der Waals surface area contributed by atoms with E-state index in [1.807, 2.05) is 0 Å². The molecule has 0 amide bonds. The lowest BCUT2D eigenvalue weighted by molar-refractivity contribution is 0.150. The van der Waals surface area contributed by atoms with E-state index in [-0.39, 0.29) is 0 Å². The van der Waals surface area contributed by atoms with Crippen molar-refractivity contribution >= 4 is 0 Å². The second kappa shape index (κ2) is 8.89. The lowest BCUT2D eigenvalue weighted by atomic mass is 9.96. The Morgan fingerprint density at radius 3 is 2.61 bits per heavy atom. The molecule has 0 saturated carbocycles. The second-order valence-electron chi connectivity index (χ2n) is 6.03. The molecule has 1 aliphatic heterocycles. The molecule has 1 rings (SSSR count). The third-order valence-corrected chi connectivity index (χ3v) is 4.36. The van der Waals surface area contributed by atoms with Crippen molar-refractivity contribution in [2.75, 3.05) is 46.8 Å². The zero-order valence-corrected chi connectivity index (χ0v) is 12.9. The highest BCUT2D eigenvalue weighted by molar-refractivity contribution is 4.74. The largest absolute Gasteiger partial charge is 0.317 e. The topological polar surface area (TPSA) is 18.5 Å². The SMILES string of the molecule is CCNCCCC(C)N(C)CC1CCN(C)CC1. The van der Waals surface area contributed by atoms with Gasteiger partial charge in [0, 0.05) is 12.6 Å². The van der Waals surface area contributed by atoms with Crippen molar-refractivity contribution in [2.24, 2.45) is 5.92 Å². The maximum absolute atomic E-state index is 3.40. The van der Waals surface area contributed by atoms with Gasteiger partial charge in [-0.05, 0) is 78.8 Å². The van der Waals surface area contributed by atoms with Crippen LogP contribution in [0.5, 0.6) is 0 Å². The van der Waals surface area contributed by atoms with Crippen LogP contribution in [0.4, 0.5) is 0 Å². The minimum Gasteiger partial charge on any atom is -0.317 e. The Hall–Kier alpha value is -0.120. The van der Waals surface area contributed by atoms with E-state index < -0.39 is 0 Å². The first-order valence-electron chi connectivity index (χ1n) is 7.73. The van der Waals surface area contributed by atoms with Crippen LogP contribution in [-0.2, 0) is 0 Å². The number of piperidine rings is 1. The van der Waals surface area contributed by atoms with E-state index >= 15 is 0 Å². The fraction of sp³-hybridized carbons (Fsp3) is 1.00. The Morgan fingerprint density at radius 1 is 1.33 bits per heavy atom. The average Bonchev–Trinajstić information content (AvgIpc) is 2.37. The molecule has 3 nitrogen and oxygen atoms in total. The maximum atomic E-state index is 3.40. The van der Waals surface area contributed by atoms with E-state index in [4.69, 9.17) is 0 Å². The molecule has 1 N–H and O–H groups in total. The highest BCUT2D eigenvalue weighted by Gasteiger charge is 2.19. The van der Waals surface area contributed by atoms with Crippen molar-refractivity contribution in [2.45, 2.75) is 45.6 Å². The molecule has 0 aliphatic carbocycles. The maximum Gasteiger partial charge on any atom is 0.00644 e. The summed E-state index contributed by atoms with van der Waals surface area (Å²) in [5.74, 6) is 0.919. The molecule has 1 unspecified atom stereocenters. The first-order valence-corrected chi connectivity index (χ1v) is 7.73. The van der Waals surface area contributed by atoms with Gasteiger partial charge in [0.05, 0.1) is 0 Å². The van der Waals surface area contributed by atoms with Crippen LogP contribution in [-0.4, -0.2) is 62.7 Å². The summed E-state index contributed by atoms with van der Waals surface area (Å²) in [4.78, 5) is 5.03. The van der Waals surface area contributed by atoms with Gasteiger partial charge in [-0.3, -0.25) is 0 Å². The zero-order valence-electron chi connectivity index (χ0n) is 12.9. The Kier molecular flexibility index (Phi) is 7.87. The standard InChI is InChI=1S/C15H33N3/c1-5-16-10-6-7-14(2)18(4)13-15-8-11-17(3)12-9-15/h14-16H,5-13H2,1-4H3. The first kappa shape index (κ1) is 15.9. The predicted octanol–water partition coefficient (Wildman–Crippen LogP) is 2.04. The van der Waals surface area contributed by atoms with Crippen LogP contribution >= 0.6 is 0 Å². The molecule has 0 radical (unpaired) electrons. The van der Waals surface area contributed by atoms with Crippen LogP contribution in [0.2, 0.25) is 0 Å². The molecule has 18 heavy (non-hydrogen) atoms. The molecule has 108 valence electrons. The van der Waals surface area contributed by atoms with Crippen LogP contribution < -0.4 is 5.32 Å². The number of nitrogens with zero attached hydrogens (tertiary/aromatic N) is 2. The van der Waals surface area contributed by atoms with Crippen LogP contribution in [0.3, 0.4) is 0 Å². The van der Waals surface area contributed by atoms with Crippen molar-refractivity contribution in [3.8, 4) is 0 Å². The van der Waals surface area contributed by atoms with Crippen LogP contribution in [0, 0.1) is 5.92 Å². The third kappa shape index (κ3) is 6.17. The Morgan fingerprint density at radius 2 is 2.00 bits per heavy atom. The monoisotopic (exact) mass is 255 g/mol. The summed E-state index contributed by atoms with van der Waals surface area (Å²) in [6.07, 6.45) is 5.37. The normalized spacial score (nSPS) is 20.5. The lowest BCUT2D eigenvalue weighted by Gasteiger charge is -2.34. The van der Waals surface area contributed by atoms with E-state index in [1.54, 1.807) is 0 Å². The van der Waals surface area contributed by atoms with Crippen LogP contribution in [0.25, 0.3) is 0 Å². The minimum absolute atomic E-state index is 0.725. The van der Waals surface area contributed by atoms with Gasteiger partial charge < -0.3 is 15.1 Å². The fourth-order valence-electron chi connectivity index (χ4n) is 2.75. The van der Waals surface area contributed by atoms with Crippen molar-refractivity contribution < 1.29 is 0 Å². The van der Waals surface area contributed by atoms with Crippen LogP contribution in [0.1, 0.15) is 39.5 Å². The highest BCUT2D eigenvalue weighted by Crippen LogP contribution is 2.18. The molecule has 0 aromatic carbocycles. The van der Waals surface area contributed by atoms with Crippen molar-refractivity contribution in [1.82, 2.24) is 15.1 Å². The average molecular weight is 255 g/mol. The van der Waals surface area contributed by atoms with Crippen molar-refractivity contribution in [3.05, 3.63) is 0 Å². The van der Waals surface area contributed by atoms with Gasteiger partial charge in [-0.1, -0.05) is 6.92 Å². The van der Waals surface area contributed by atoms with Gasteiger partial charge in [-0.2, -0.15) is 0 Å². The van der Waals surface area contributed by atoms with Gasteiger partial charge in [-0.15, -0.1) is 0 Å². The van der Waals surface area contributed by atoms with E-state index in [9.17, 15) is 0 Å². The first-order chi connectivity index (χ1) is 8.63. The van der Waals surface area contributed by atoms with Crippen molar-refractivity contribution in [1.29, 1.82) is 0 Å². The summed E-state index contributed by atoms with van der Waals surface area (Å²) < 4.78 is 0. The summed E-state index contributed by atoms with van der Waals surface area (Å²) >= 11 is 0. The summed E-state index contributed by atoms with van der Waals surface area (Å²) in [6.45, 7) is 10.7. The number of hydrogen-bond acceptors (Lipinski definition) is 3. The molecule has 0 bridgehead atoms. The molecule has 0 spiro atoms. The van der Waals surface area contributed by atoms with Gasteiger partial charge in [-0.25, -0.2) is 0 Å². The number of rotatable bonds is 8. The van der Waals surface area contributed by atoms with Gasteiger partial charge in [0.25, 0.3) is 0 Å². The fourth-order valence-corrected chi connectivity index (χ4v) is 2.75. The van der Waals surface area contributed by atoms with E-state index in [1.165, 1.54) is 51.9 Å². The van der Waals surface area contributed by atoms with Gasteiger partial charge in [0.1, 0.15) is 0 Å². The predicted molar refractivity (Wildman–Crippen MR) is 80.1 cm³/mol. The molecule has 3 heteroatoms. The molecule has 0 aromatic rings. The Labute approximate surface area is 114 Å². The quantitative estimate of drug-likeness (QED) is 0.670. The lowest BCUT2D eigenvalue weighted by Crippen LogP contribution is -2.39. The molecular weight excluding hydrogens is 222 g/mol. The third-order valence-electron chi connectivity index (χ3n) is 4.36. The number of hydrogen-bond donors (Lipinski definition) is 1. The van der Waals surface area contributed by atoms with Crippen molar-refractivity contribution in [3.63, 3.8) is 0 Å². The summed E-state index contributed by atoms with van der Waals surface area (Å²) in [5, 5.41) is 3.40. The van der Waals surface area contributed by atoms with Gasteiger partial charge >= 0.3 is 0 Å². The van der Waals surface area contributed by atoms with E-state index in [2.05, 4.69) is 43.1 Å². The molecule has 1 atom stereocenters. The molecule has 1 heterocycles. The molecule has 1 fully saturated rings. The van der Waals surface area contributed by atoms with E-state index in [0.717, 1.165) is 18.5 Å². The Bertz CT molecular complexity index is 200. The summed E-state index contributed by atoms with van der Waals surface area (Å²) in [7, 11) is 4.54. The van der Waals surface area contributed by atoms with Crippen LogP contribution in [0.15, 0.2) is 0 Å². The second-order valence-corrected chi connectivity index (χ2v) is 6.03. The smallest absolute Gasteiger partial charge is 0.00644 e. The minimum atomic E-state index is 0.725. The molecule has 0 aromatic heterocycles. The molecule has 1 saturated heterocycles. The zero-order chi connectivity index (χ0) is 13.4. The van der Waals surface area contributed by atoms with Gasteiger partial charge in [0.15, 0.2) is 0 Å². The summed E-state index contributed by atoms with van der Waals surface area (Å²) in [5.41, 5.74) is 0. The number of nitrogens with one attached hydrogen (secondary N) is 1. The highest BCUT2D eigenvalue weighted by atomic mass is 15.1. The summed E-state index contributed by atoms with van der Waals surface area (Å²) in [6, 6.07) is 0.725.